The van der Waals surface area contributed by atoms with Crippen molar-refractivity contribution in [2.75, 3.05) is 19.8 Å². The first kappa shape index (κ1) is 34.7. The van der Waals surface area contributed by atoms with E-state index in [2.05, 4.69) is 54.5 Å². The van der Waals surface area contributed by atoms with E-state index < -0.39 is 72.2 Å². The Morgan fingerprint density at radius 3 is 2.35 bits per heavy atom. The number of ether oxygens (including phenoxy) is 3. The number of hydrogen-bond acceptors (Lipinski definition) is 9. The van der Waals surface area contributed by atoms with Crippen LogP contribution >= 0.6 is 0 Å². The zero-order valence-electron chi connectivity index (χ0n) is 28.8. The van der Waals surface area contributed by atoms with Gasteiger partial charge in [-0.2, -0.15) is 0 Å². The number of nitrogens with two attached hydrogens (primary N) is 1. The van der Waals surface area contributed by atoms with E-state index in [0.717, 1.165) is 25.7 Å². The standard InChI is InChI=1S/C36H59NO9/c1-18(2)19(3)32(4)12-13-34(6)20-8-9-24-33(5)16-44-17-36(24,21(20)10-11-35(34,7)28(32)30(42)43)14-22(37)29(33)46-31-27(41)26(40)25(39)23(15-38)45-31/h10,18-20,22-29,31,38-41H,8-9,11-17,37H2,1-7H3,(H,42,43)/t19-,20+,22-,23?,24+,25-,26+,27?,28-,29+,31+,32-,33+,34-,35+,36+/m1/s1. The fourth-order valence-electron chi connectivity index (χ4n) is 12.3. The summed E-state index contributed by atoms with van der Waals surface area (Å²) < 4.78 is 18.7. The molecular weight excluding hydrogens is 590 g/mol. The van der Waals surface area contributed by atoms with Gasteiger partial charge in [-0.25, -0.2) is 0 Å². The quantitative estimate of drug-likeness (QED) is 0.186. The number of aliphatic carboxylic acids is 1. The lowest BCUT2D eigenvalue weighted by molar-refractivity contribution is -0.338. The first-order valence-corrected chi connectivity index (χ1v) is 17.7. The summed E-state index contributed by atoms with van der Waals surface area (Å²) in [4.78, 5) is 13.3. The molecule has 2 aliphatic heterocycles. The number of carboxylic acids is 1. The van der Waals surface area contributed by atoms with Gasteiger partial charge in [-0.05, 0) is 78.4 Å². The van der Waals surface area contributed by atoms with Crippen LogP contribution in [0.3, 0.4) is 0 Å². The van der Waals surface area contributed by atoms with Crippen LogP contribution in [0.5, 0.6) is 0 Å². The normalized spacial score (nSPS) is 54.2. The van der Waals surface area contributed by atoms with E-state index >= 15 is 0 Å². The molecule has 16 atom stereocenters. The van der Waals surface area contributed by atoms with Gasteiger partial charge in [-0.1, -0.05) is 60.1 Å². The summed E-state index contributed by atoms with van der Waals surface area (Å²) in [6.45, 7) is 16.1. The molecule has 0 amide bonds. The van der Waals surface area contributed by atoms with Crippen LogP contribution in [0.25, 0.3) is 0 Å². The molecule has 2 bridgehead atoms. The third-order valence-corrected chi connectivity index (χ3v) is 15.3. The molecule has 2 heterocycles. The van der Waals surface area contributed by atoms with Gasteiger partial charge in [0.15, 0.2) is 6.29 Å². The Morgan fingerprint density at radius 2 is 1.72 bits per heavy atom. The van der Waals surface area contributed by atoms with E-state index in [1.165, 1.54) is 5.57 Å². The van der Waals surface area contributed by atoms with Gasteiger partial charge in [0, 0.05) is 16.9 Å². The highest BCUT2D eigenvalue weighted by molar-refractivity contribution is 5.73. The van der Waals surface area contributed by atoms with E-state index in [-0.39, 0.29) is 34.0 Å². The third kappa shape index (κ3) is 4.53. The van der Waals surface area contributed by atoms with Gasteiger partial charge in [0.1, 0.15) is 24.4 Å². The molecule has 0 aromatic rings. The smallest absolute Gasteiger partial charge is 0.307 e. The van der Waals surface area contributed by atoms with E-state index in [1.54, 1.807) is 0 Å². The molecule has 46 heavy (non-hydrogen) atoms. The molecular formula is C36H59NO9. The molecule has 3 saturated carbocycles. The second-order valence-electron chi connectivity index (χ2n) is 17.5. The molecule has 0 spiro atoms. The number of rotatable bonds is 6. The Hall–Kier alpha value is -1.11. The number of aliphatic hydroxyl groups is 4. The van der Waals surface area contributed by atoms with Crippen molar-refractivity contribution in [2.24, 2.45) is 62.4 Å². The largest absolute Gasteiger partial charge is 0.481 e. The lowest BCUT2D eigenvalue weighted by Gasteiger charge is -2.71. The summed E-state index contributed by atoms with van der Waals surface area (Å²) in [5.41, 5.74) is 6.69. The molecule has 2 unspecified atom stereocenters. The van der Waals surface area contributed by atoms with E-state index in [0.29, 0.717) is 32.0 Å². The molecule has 5 fully saturated rings. The number of fused-ring (bicyclic) bond motifs is 3. The van der Waals surface area contributed by atoms with Crippen molar-refractivity contribution in [2.45, 2.75) is 130 Å². The van der Waals surface area contributed by atoms with Crippen molar-refractivity contribution in [3.8, 4) is 0 Å². The zero-order chi connectivity index (χ0) is 33.8. The van der Waals surface area contributed by atoms with Crippen LogP contribution in [0.15, 0.2) is 11.6 Å². The van der Waals surface area contributed by atoms with E-state index in [1.807, 2.05) is 0 Å². The molecule has 0 radical (unpaired) electrons. The highest BCUT2D eigenvalue weighted by atomic mass is 16.7. The maximum atomic E-state index is 13.3. The number of aliphatic hydroxyl groups excluding tert-OH is 4. The number of carbonyl (C=O) groups is 1. The van der Waals surface area contributed by atoms with Gasteiger partial charge in [0.25, 0.3) is 0 Å². The van der Waals surface area contributed by atoms with Crippen LogP contribution in [0.4, 0.5) is 0 Å². The molecule has 10 heteroatoms. The van der Waals surface area contributed by atoms with Gasteiger partial charge < -0.3 is 45.5 Å². The zero-order valence-corrected chi connectivity index (χ0v) is 28.8. The van der Waals surface area contributed by atoms with Gasteiger partial charge in [0.2, 0.25) is 0 Å². The molecule has 6 rings (SSSR count). The van der Waals surface area contributed by atoms with Crippen LogP contribution in [-0.4, -0.2) is 94.2 Å². The summed E-state index contributed by atoms with van der Waals surface area (Å²) in [7, 11) is 0. The highest BCUT2D eigenvalue weighted by Gasteiger charge is 2.71. The fraction of sp³-hybridized carbons (Fsp3) is 0.917. The molecule has 262 valence electrons. The van der Waals surface area contributed by atoms with Crippen molar-refractivity contribution < 1.29 is 44.5 Å². The topological polar surface area (TPSA) is 172 Å². The Bertz CT molecular complexity index is 1230. The third-order valence-electron chi connectivity index (χ3n) is 15.3. The van der Waals surface area contributed by atoms with Gasteiger partial charge in [-0.3, -0.25) is 4.79 Å². The number of hydrogen-bond donors (Lipinski definition) is 6. The van der Waals surface area contributed by atoms with Crippen molar-refractivity contribution in [1.82, 2.24) is 0 Å². The molecule has 6 aliphatic rings. The molecule has 2 saturated heterocycles. The average molecular weight is 650 g/mol. The van der Waals surface area contributed by atoms with Crippen molar-refractivity contribution >= 4 is 5.97 Å². The van der Waals surface area contributed by atoms with Gasteiger partial charge >= 0.3 is 5.97 Å². The Morgan fingerprint density at radius 1 is 1.02 bits per heavy atom. The average Bonchev–Trinajstić information content (AvgIpc) is 2.99. The van der Waals surface area contributed by atoms with Crippen LogP contribution in [0.2, 0.25) is 0 Å². The van der Waals surface area contributed by atoms with Crippen LogP contribution < -0.4 is 5.73 Å². The molecule has 4 aliphatic carbocycles. The maximum Gasteiger partial charge on any atom is 0.307 e. The summed E-state index contributed by atoms with van der Waals surface area (Å²) in [5.74, 6) is -0.0503. The summed E-state index contributed by atoms with van der Waals surface area (Å²) >= 11 is 0. The Labute approximate surface area is 274 Å². The predicted octanol–water partition coefficient (Wildman–Crippen LogP) is 3.09. The Kier molecular flexibility index (Phi) is 8.66. The van der Waals surface area contributed by atoms with E-state index in [4.69, 9.17) is 19.9 Å². The highest BCUT2D eigenvalue weighted by Crippen LogP contribution is 2.74. The first-order valence-electron chi connectivity index (χ1n) is 17.7. The second kappa shape index (κ2) is 11.5. The Balaban J connectivity index is 1.35. The summed E-state index contributed by atoms with van der Waals surface area (Å²) in [6, 6.07) is -0.424. The minimum Gasteiger partial charge on any atom is -0.481 e. The summed E-state index contributed by atoms with van der Waals surface area (Å²) in [6.07, 6.45) is 0.0773. The van der Waals surface area contributed by atoms with Crippen molar-refractivity contribution in [3.05, 3.63) is 11.6 Å². The SMILES string of the molecule is CC(C)[C@@H](C)[C@@]1(C)CC[C@]2(C)[C@H]3CC[C@@H]4[C@@]5(COC[C@]4(C)[C@@H](O[C@@H]4OC(CO)[C@@H](O)[C@H](O)C4O)[C@H](N)C5)C3=CC[C@@]2(C)[C@@H]1C(=O)O. The van der Waals surface area contributed by atoms with Crippen LogP contribution in [-0.2, 0) is 19.0 Å². The van der Waals surface area contributed by atoms with Crippen LogP contribution in [0.1, 0.15) is 87.0 Å². The minimum absolute atomic E-state index is 0.184. The molecule has 10 nitrogen and oxygen atoms in total. The van der Waals surface area contributed by atoms with Gasteiger partial charge in [-0.15, -0.1) is 0 Å². The monoisotopic (exact) mass is 649 g/mol. The molecule has 0 aromatic heterocycles. The minimum atomic E-state index is -1.53. The van der Waals surface area contributed by atoms with Crippen molar-refractivity contribution in [3.63, 3.8) is 0 Å². The second-order valence-corrected chi connectivity index (χ2v) is 17.5. The predicted molar refractivity (Wildman–Crippen MR) is 170 cm³/mol. The number of allylic oxidation sites excluding steroid dienone is 1. The van der Waals surface area contributed by atoms with Gasteiger partial charge in [0.05, 0.1) is 31.8 Å². The lowest BCUT2D eigenvalue weighted by Crippen LogP contribution is -2.72. The molecule has 7 N–H and O–H groups in total. The van der Waals surface area contributed by atoms with Crippen molar-refractivity contribution in [1.29, 1.82) is 0 Å². The first-order chi connectivity index (χ1) is 21.4. The summed E-state index contributed by atoms with van der Waals surface area (Å²) in [5, 5.41) is 52.2. The van der Waals surface area contributed by atoms with Crippen LogP contribution in [0, 0.1) is 56.7 Å². The van der Waals surface area contributed by atoms with E-state index in [9.17, 15) is 30.3 Å². The number of carboxylic acid groups (broad SMARTS) is 1. The molecule has 0 aromatic carbocycles. The lowest BCUT2D eigenvalue weighted by atomic mass is 9.34. The fourth-order valence-corrected chi connectivity index (χ4v) is 12.3. The maximum absolute atomic E-state index is 13.3.